The Balaban J connectivity index is 2.31. The van der Waals surface area contributed by atoms with Crippen molar-refractivity contribution < 1.29 is 15.0 Å². The molecule has 2 N–H and O–H groups in total. The molecule has 4 nitrogen and oxygen atoms in total. The molecule has 0 heterocycles. The van der Waals surface area contributed by atoms with Gasteiger partial charge in [0.25, 0.3) is 0 Å². The van der Waals surface area contributed by atoms with Crippen molar-refractivity contribution in [2.45, 2.75) is 90.4 Å². The van der Waals surface area contributed by atoms with E-state index in [1.165, 1.54) is 64.2 Å². The molecule has 0 aliphatic heterocycles. The summed E-state index contributed by atoms with van der Waals surface area (Å²) in [5.41, 5.74) is 1.27. The molecule has 0 amide bonds. The highest BCUT2D eigenvalue weighted by atomic mass is 16.4. The maximum Gasteiger partial charge on any atom is 0.372 e. The Bertz CT molecular complexity index is 658. The molecule has 0 atom stereocenters. The van der Waals surface area contributed by atoms with Crippen LogP contribution in [0.5, 0.6) is 0 Å². The van der Waals surface area contributed by atoms with Crippen molar-refractivity contribution in [1.29, 1.82) is 5.26 Å². The number of unbranched alkanes of at least 4 members (excludes halogenated alkanes) is 11. The molecule has 0 aliphatic rings. The van der Waals surface area contributed by atoms with Crippen LogP contribution in [0.3, 0.4) is 0 Å². The predicted octanol–water partition coefficient (Wildman–Crippen LogP) is 6.81. The topological polar surface area (TPSA) is 81.3 Å². The van der Waals surface area contributed by atoms with Crippen LogP contribution < -0.4 is 0 Å². The van der Waals surface area contributed by atoms with Gasteiger partial charge in [0.2, 0.25) is 5.76 Å². The van der Waals surface area contributed by atoms with Crippen molar-refractivity contribution in [3.05, 3.63) is 41.2 Å². The summed E-state index contributed by atoms with van der Waals surface area (Å²) < 4.78 is 0. The largest absolute Gasteiger partial charge is 0.501 e. The van der Waals surface area contributed by atoms with Crippen LogP contribution in [-0.4, -0.2) is 16.2 Å². The Kier molecular flexibility index (Phi) is 12.5. The van der Waals surface area contributed by atoms with Crippen LogP contribution in [0.1, 0.15) is 95.1 Å². The second-order valence-electron chi connectivity index (χ2n) is 7.44. The molecule has 1 rings (SSSR count). The number of aliphatic hydroxyl groups is 1. The van der Waals surface area contributed by atoms with Crippen LogP contribution in [0.25, 0.3) is 5.57 Å². The van der Waals surface area contributed by atoms with Gasteiger partial charge in [-0.1, -0.05) is 102 Å². The molecule has 0 aliphatic carbocycles. The molecule has 0 bridgehead atoms. The minimum Gasteiger partial charge on any atom is -0.501 e. The number of nitriles is 1. The smallest absolute Gasteiger partial charge is 0.372 e. The number of aliphatic carboxylic acids is 1. The average molecular weight is 386 g/mol. The van der Waals surface area contributed by atoms with Gasteiger partial charge in [-0.05, 0) is 24.0 Å². The number of nitrogens with zero attached hydrogens (tertiary/aromatic N) is 1. The zero-order valence-electron chi connectivity index (χ0n) is 17.3. The first-order valence-electron chi connectivity index (χ1n) is 10.8. The number of carboxylic acids is 1. The summed E-state index contributed by atoms with van der Waals surface area (Å²) in [5.74, 6) is -2.36. The number of allylic oxidation sites excluding steroid dienone is 1. The van der Waals surface area contributed by atoms with E-state index in [0.29, 0.717) is 5.56 Å². The predicted molar refractivity (Wildman–Crippen MR) is 114 cm³/mol. The monoisotopic (exact) mass is 385 g/mol. The van der Waals surface area contributed by atoms with E-state index in [9.17, 15) is 15.2 Å². The van der Waals surface area contributed by atoms with E-state index >= 15 is 0 Å². The summed E-state index contributed by atoms with van der Waals surface area (Å²) in [7, 11) is 0. The fourth-order valence-corrected chi connectivity index (χ4v) is 3.49. The zero-order valence-corrected chi connectivity index (χ0v) is 17.3. The van der Waals surface area contributed by atoms with Crippen LogP contribution in [0.2, 0.25) is 0 Å². The molecule has 28 heavy (non-hydrogen) atoms. The number of carboxylic acid groups (broad SMARTS) is 1. The van der Waals surface area contributed by atoms with Crippen molar-refractivity contribution in [1.82, 2.24) is 0 Å². The Labute approximate surface area is 169 Å². The molecule has 0 saturated heterocycles. The second kappa shape index (κ2) is 14.7. The molecule has 154 valence electrons. The van der Waals surface area contributed by atoms with Gasteiger partial charge in [-0.3, -0.25) is 0 Å². The summed E-state index contributed by atoms with van der Waals surface area (Å²) in [6.07, 6.45) is 16.2. The number of carbonyl (C=O) groups is 1. The molecule has 1 aromatic carbocycles. The number of aryl methyl sites for hydroxylation is 1. The molecule has 0 radical (unpaired) electrons. The lowest BCUT2D eigenvalue weighted by molar-refractivity contribution is -0.135. The van der Waals surface area contributed by atoms with Crippen molar-refractivity contribution >= 4 is 11.5 Å². The lowest BCUT2D eigenvalue weighted by Crippen LogP contribution is -2.04. The molecular formula is C24H35NO3. The SMILES string of the molecule is CCCCCCCCCCCCCCc1ccccc1C(C#N)=C(O)C(=O)O. The Morgan fingerprint density at radius 1 is 0.857 bits per heavy atom. The van der Waals surface area contributed by atoms with Crippen LogP contribution in [-0.2, 0) is 11.2 Å². The van der Waals surface area contributed by atoms with E-state index in [1.54, 1.807) is 12.1 Å². The summed E-state index contributed by atoms with van der Waals surface area (Å²) in [6, 6.07) is 9.08. The summed E-state index contributed by atoms with van der Waals surface area (Å²) in [5, 5.41) is 27.9. The highest BCUT2D eigenvalue weighted by molar-refractivity contribution is 5.98. The van der Waals surface area contributed by atoms with Gasteiger partial charge < -0.3 is 10.2 Å². The van der Waals surface area contributed by atoms with Gasteiger partial charge in [-0.15, -0.1) is 0 Å². The average Bonchev–Trinajstić information content (AvgIpc) is 2.70. The van der Waals surface area contributed by atoms with Gasteiger partial charge in [-0.2, -0.15) is 5.26 Å². The van der Waals surface area contributed by atoms with E-state index in [-0.39, 0.29) is 5.57 Å². The number of hydrogen-bond donors (Lipinski definition) is 2. The zero-order chi connectivity index (χ0) is 20.6. The molecule has 0 aromatic heterocycles. The third-order valence-corrected chi connectivity index (χ3v) is 5.14. The van der Waals surface area contributed by atoms with E-state index in [2.05, 4.69) is 6.92 Å². The van der Waals surface area contributed by atoms with Crippen LogP contribution >= 0.6 is 0 Å². The van der Waals surface area contributed by atoms with Crippen molar-refractivity contribution in [2.24, 2.45) is 0 Å². The minimum atomic E-state index is -1.48. The Morgan fingerprint density at radius 2 is 1.36 bits per heavy atom. The lowest BCUT2D eigenvalue weighted by atomic mass is 9.95. The molecule has 0 spiro atoms. The fourth-order valence-electron chi connectivity index (χ4n) is 3.49. The van der Waals surface area contributed by atoms with Gasteiger partial charge in [0.05, 0.1) is 0 Å². The molecule has 4 heteroatoms. The minimum absolute atomic E-state index is 0.165. The molecule has 1 aromatic rings. The van der Waals surface area contributed by atoms with Crippen molar-refractivity contribution in [3.63, 3.8) is 0 Å². The first-order chi connectivity index (χ1) is 13.6. The van der Waals surface area contributed by atoms with Gasteiger partial charge in [0.15, 0.2) is 0 Å². The third-order valence-electron chi connectivity index (χ3n) is 5.14. The van der Waals surface area contributed by atoms with E-state index < -0.39 is 11.7 Å². The maximum absolute atomic E-state index is 11.0. The van der Waals surface area contributed by atoms with Gasteiger partial charge in [0.1, 0.15) is 11.6 Å². The maximum atomic E-state index is 11.0. The number of hydrogen-bond acceptors (Lipinski definition) is 3. The third kappa shape index (κ3) is 9.08. The van der Waals surface area contributed by atoms with Crippen LogP contribution in [0, 0.1) is 11.3 Å². The van der Waals surface area contributed by atoms with Gasteiger partial charge in [0, 0.05) is 0 Å². The number of aliphatic hydroxyl groups excluding tert-OH is 1. The Hall–Kier alpha value is -2.28. The first kappa shape index (κ1) is 23.8. The summed E-state index contributed by atoms with van der Waals surface area (Å²) >= 11 is 0. The van der Waals surface area contributed by atoms with Crippen LogP contribution in [0.4, 0.5) is 0 Å². The summed E-state index contributed by atoms with van der Waals surface area (Å²) in [4.78, 5) is 11.0. The molecule has 0 unspecified atom stereocenters. The first-order valence-corrected chi connectivity index (χ1v) is 10.8. The molecule has 0 fully saturated rings. The number of rotatable bonds is 15. The van der Waals surface area contributed by atoms with Gasteiger partial charge in [-0.25, -0.2) is 4.79 Å². The lowest BCUT2D eigenvalue weighted by Gasteiger charge is -2.09. The second-order valence-corrected chi connectivity index (χ2v) is 7.44. The van der Waals surface area contributed by atoms with E-state index in [1.807, 2.05) is 18.2 Å². The number of benzene rings is 1. The normalized spacial score (nSPS) is 11.7. The van der Waals surface area contributed by atoms with Crippen LogP contribution in [0.15, 0.2) is 30.0 Å². The summed E-state index contributed by atoms with van der Waals surface area (Å²) in [6.45, 7) is 2.25. The van der Waals surface area contributed by atoms with E-state index in [0.717, 1.165) is 24.8 Å². The highest BCUT2D eigenvalue weighted by Gasteiger charge is 2.17. The molecule has 0 saturated carbocycles. The highest BCUT2D eigenvalue weighted by Crippen LogP contribution is 2.23. The fraction of sp³-hybridized carbons (Fsp3) is 0.583. The van der Waals surface area contributed by atoms with Crippen molar-refractivity contribution in [3.8, 4) is 6.07 Å². The Morgan fingerprint density at radius 3 is 1.86 bits per heavy atom. The van der Waals surface area contributed by atoms with Crippen molar-refractivity contribution in [2.75, 3.05) is 0 Å². The molecular weight excluding hydrogens is 350 g/mol. The quantitative estimate of drug-likeness (QED) is 0.150. The van der Waals surface area contributed by atoms with E-state index in [4.69, 9.17) is 5.11 Å². The standard InChI is InChI=1S/C24H35NO3/c1-2-3-4-5-6-7-8-9-10-11-12-13-16-20-17-14-15-18-21(20)22(19-25)23(26)24(27)28/h14-15,17-18,26H,2-13,16H2,1H3,(H,27,28). The van der Waals surface area contributed by atoms with Gasteiger partial charge >= 0.3 is 5.97 Å².